The fourth-order valence-corrected chi connectivity index (χ4v) is 2.64. The van der Waals surface area contributed by atoms with Crippen LogP contribution in [-0.4, -0.2) is 34.9 Å². The number of piperidine rings is 1. The Morgan fingerprint density at radius 2 is 2.20 bits per heavy atom. The molecule has 1 saturated heterocycles. The molecule has 5 nitrogen and oxygen atoms in total. The molecule has 2 rings (SSSR count). The number of rotatable bonds is 2. The van der Waals surface area contributed by atoms with Crippen LogP contribution in [0.3, 0.4) is 0 Å². The lowest BCUT2D eigenvalue weighted by Crippen LogP contribution is -2.44. The molecule has 1 unspecified atom stereocenters. The molecule has 1 aromatic carbocycles. The highest BCUT2D eigenvalue weighted by Gasteiger charge is 2.27. The molecule has 1 atom stereocenters. The number of hydrogen-bond donors (Lipinski definition) is 2. The van der Waals surface area contributed by atoms with E-state index in [4.69, 9.17) is 10.9 Å². The van der Waals surface area contributed by atoms with Gasteiger partial charge < -0.3 is 15.8 Å². The minimum Gasteiger partial charge on any atom is -0.409 e. The highest BCUT2D eigenvalue weighted by Crippen LogP contribution is 2.21. The van der Waals surface area contributed by atoms with Gasteiger partial charge in [0, 0.05) is 24.6 Å². The van der Waals surface area contributed by atoms with Gasteiger partial charge in [-0.2, -0.15) is 0 Å². The second-order valence-corrected chi connectivity index (χ2v) is 5.36. The summed E-state index contributed by atoms with van der Waals surface area (Å²) in [5.74, 6) is 0.188. The maximum Gasteiger partial charge on any atom is 0.254 e. The summed E-state index contributed by atoms with van der Waals surface area (Å²) in [6.07, 6.45) is 1.73. The Bertz CT molecular complexity index is 540. The molecule has 5 heteroatoms. The van der Waals surface area contributed by atoms with Crippen LogP contribution in [0, 0.1) is 19.8 Å². The smallest absolute Gasteiger partial charge is 0.254 e. The van der Waals surface area contributed by atoms with Crippen molar-refractivity contribution in [3.8, 4) is 0 Å². The highest BCUT2D eigenvalue weighted by molar-refractivity contribution is 5.96. The van der Waals surface area contributed by atoms with Crippen molar-refractivity contribution in [3.05, 3.63) is 34.9 Å². The van der Waals surface area contributed by atoms with Crippen molar-refractivity contribution in [3.63, 3.8) is 0 Å². The van der Waals surface area contributed by atoms with E-state index in [2.05, 4.69) is 5.16 Å². The first-order valence-corrected chi connectivity index (χ1v) is 6.87. The molecule has 0 spiro atoms. The summed E-state index contributed by atoms with van der Waals surface area (Å²) in [6.45, 7) is 5.21. The number of likely N-dealkylation sites (tertiary alicyclic amines) is 1. The maximum atomic E-state index is 12.6. The van der Waals surface area contributed by atoms with Gasteiger partial charge in [0.05, 0.1) is 0 Å². The fraction of sp³-hybridized carbons (Fsp3) is 0.467. The molecule has 1 amide bonds. The van der Waals surface area contributed by atoms with Crippen LogP contribution in [-0.2, 0) is 0 Å². The normalized spacial score (nSPS) is 20.0. The summed E-state index contributed by atoms with van der Waals surface area (Å²) in [5, 5.41) is 11.8. The molecule has 0 radical (unpaired) electrons. The summed E-state index contributed by atoms with van der Waals surface area (Å²) < 4.78 is 0. The molecule has 1 heterocycles. The average Bonchev–Trinajstić information content (AvgIpc) is 2.48. The van der Waals surface area contributed by atoms with E-state index < -0.39 is 0 Å². The molecule has 1 fully saturated rings. The van der Waals surface area contributed by atoms with Crippen molar-refractivity contribution in [2.45, 2.75) is 26.7 Å². The number of carbonyl (C=O) groups is 1. The monoisotopic (exact) mass is 275 g/mol. The number of carbonyl (C=O) groups excluding carboxylic acids is 1. The maximum absolute atomic E-state index is 12.6. The Morgan fingerprint density at radius 1 is 1.45 bits per heavy atom. The van der Waals surface area contributed by atoms with Gasteiger partial charge in [0.1, 0.15) is 5.84 Å². The SMILES string of the molecule is Cc1cccc(C(=O)N2CCCC(C(N)=NO)C2)c1C. The number of nitrogens with two attached hydrogens (primary N) is 1. The molecular weight excluding hydrogens is 254 g/mol. The third-order valence-electron chi connectivity index (χ3n) is 4.08. The second-order valence-electron chi connectivity index (χ2n) is 5.36. The van der Waals surface area contributed by atoms with Crippen LogP contribution in [0.5, 0.6) is 0 Å². The zero-order chi connectivity index (χ0) is 14.7. The van der Waals surface area contributed by atoms with Crippen LogP contribution in [0.1, 0.15) is 34.3 Å². The summed E-state index contributed by atoms with van der Waals surface area (Å²) in [7, 11) is 0. The Morgan fingerprint density at radius 3 is 2.90 bits per heavy atom. The summed E-state index contributed by atoms with van der Waals surface area (Å²) in [4.78, 5) is 14.4. The number of aryl methyl sites for hydroxylation is 1. The van der Waals surface area contributed by atoms with Crippen molar-refractivity contribution >= 4 is 11.7 Å². The Kier molecular flexibility index (Phi) is 4.27. The van der Waals surface area contributed by atoms with Crippen molar-refractivity contribution < 1.29 is 10.0 Å². The zero-order valence-corrected chi connectivity index (χ0v) is 12.0. The Labute approximate surface area is 119 Å². The van der Waals surface area contributed by atoms with Crippen molar-refractivity contribution in [1.29, 1.82) is 0 Å². The second kappa shape index (κ2) is 5.94. The van der Waals surface area contributed by atoms with Gasteiger partial charge in [-0.15, -0.1) is 0 Å². The van der Waals surface area contributed by atoms with Gasteiger partial charge in [-0.25, -0.2) is 0 Å². The predicted octanol–water partition coefficient (Wildman–Crippen LogP) is 1.90. The van der Waals surface area contributed by atoms with Crippen LogP contribution < -0.4 is 5.73 Å². The summed E-state index contributed by atoms with van der Waals surface area (Å²) in [6, 6.07) is 5.76. The fourth-order valence-electron chi connectivity index (χ4n) is 2.64. The standard InChI is InChI=1S/C15H21N3O2/c1-10-5-3-7-13(11(10)2)15(19)18-8-4-6-12(9-18)14(16)17-20/h3,5,7,12,20H,4,6,8-9H2,1-2H3,(H2,16,17). The number of oxime groups is 1. The zero-order valence-electron chi connectivity index (χ0n) is 12.0. The van der Waals surface area contributed by atoms with Gasteiger partial charge >= 0.3 is 0 Å². The topological polar surface area (TPSA) is 78.9 Å². The Hall–Kier alpha value is -2.04. The van der Waals surface area contributed by atoms with Crippen LogP contribution in [0.4, 0.5) is 0 Å². The van der Waals surface area contributed by atoms with E-state index in [-0.39, 0.29) is 17.7 Å². The number of hydrogen-bond acceptors (Lipinski definition) is 3. The number of benzene rings is 1. The number of nitrogens with zero attached hydrogens (tertiary/aromatic N) is 2. The van der Waals surface area contributed by atoms with E-state index in [9.17, 15) is 4.79 Å². The van der Waals surface area contributed by atoms with Gasteiger partial charge in [-0.1, -0.05) is 17.3 Å². The largest absolute Gasteiger partial charge is 0.409 e. The molecule has 3 N–H and O–H groups in total. The van der Waals surface area contributed by atoms with Crippen molar-refractivity contribution in [2.75, 3.05) is 13.1 Å². The van der Waals surface area contributed by atoms with Gasteiger partial charge in [0.2, 0.25) is 0 Å². The molecule has 0 saturated carbocycles. The van der Waals surface area contributed by atoms with E-state index in [1.165, 1.54) is 0 Å². The lowest BCUT2D eigenvalue weighted by molar-refractivity contribution is 0.0700. The molecule has 108 valence electrons. The molecule has 1 aliphatic rings. The van der Waals surface area contributed by atoms with E-state index in [0.717, 1.165) is 36.1 Å². The minimum absolute atomic E-state index is 0.0293. The third kappa shape index (κ3) is 2.76. The molecule has 1 aliphatic heterocycles. The van der Waals surface area contributed by atoms with Gasteiger partial charge in [-0.05, 0) is 43.9 Å². The van der Waals surface area contributed by atoms with Crippen LogP contribution in [0.15, 0.2) is 23.4 Å². The van der Waals surface area contributed by atoms with E-state index in [1.807, 2.05) is 32.0 Å². The average molecular weight is 275 g/mol. The van der Waals surface area contributed by atoms with E-state index in [1.54, 1.807) is 4.90 Å². The van der Waals surface area contributed by atoms with Crippen LogP contribution >= 0.6 is 0 Å². The molecule has 0 bridgehead atoms. The van der Waals surface area contributed by atoms with Crippen molar-refractivity contribution in [2.24, 2.45) is 16.8 Å². The summed E-state index contributed by atoms with van der Waals surface area (Å²) >= 11 is 0. The van der Waals surface area contributed by atoms with E-state index >= 15 is 0 Å². The Balaban J connectivity index is 2.19. The summed E-state index contributed by atoms with van der Waals surface area (Å²) in [5.41, 5.74) is 8.53. The predicted molar refractivity (Wildman–Crippen MR) is 78.0 cm³/mol. The molecule has 0 aromatic heterocycles. The lowest BCUT2D eigenvalue weighted by Gasteiger charge is -2.32. The number of amides is 1. The van der Waals surface area contributed by atoms with Crippen molar-refractivity contribution in [1.82, 2.24) is 4.90 Å². The molecular formula is C15H21N3O2. The van der Waals surface area contributed by atoms with Gasteiger partial charge in [0.15, 0.2) is 0 Å². The van der Waals surface area contributed by atoms with Crippen LogP contribution in [0.25, 0.3) is 0 Å². The van der Waals surface area contributed by atoms with Gasteiger partial charge in [0.25, 0.3) is 5.91 Å². The van der Waals surface area contributed by atoms with E-state index in [0.29, 0.717) is 6.54 Å². The first-order chi connectivity index (χ1) is 9.54. The molecule has 20 heavy (non-hydrogen) atoms. The first-order valence-electron chi connectivity index (χ1n) is 6.87. The number of amidine groups is 1. The third-order valence-corrected chi connectivity index (χ3v) is 4.08. The lowest BCUT2D eigenvalue weighted by atomic mass is 9.95. The first kappa shape index (κ1) is 14.4. The molecule has 1 aromatic rings. The quantitative estimate of drug-likeness (QED) is 0.374. The van der Waals surface area contributed by atoms with Crippen LogP contribution in [0.2, 0.25) is 0 Å². The highest BCUT2D eigenvalue weighted by atomic mass is 16.4. The van der Waals surface area contributed by atoms with Gasteiger partial charge in [-0.3, -0.25) is 4.79 Å². The molecule has 0 aliphatic carbocycles. The minimum atomic E-state index is -0.0529.